The number of oxazole rings is 1. The number of nitrogens with zero attached hydrogens (tertiary/aromatic N) is 3. The van der Waals surface area contributed by atoms with Crippen LogP contribution in [-0.2, 0) is 22.7 Å². The molecule has 0 aliphatic carbocycles. The molecule has 3 heterocycles. The largest absolute Gasteiger partial charge is 0.459 e. The molecule has 1 aromatic carbocycles. The Kier molecular flexibility index (Phi) is 4.82. The fourth-order valence-electron chi connectivity index (χ4n) is 3.01. The van der Waals surface area contributed by atoms with Gasteiger partial charge in [-0.15, -0.1) is 11.3 Å². The molecule has 0 amide bonds. The van der Waals surface area contributed by atoms with Gasteiger partial charge in [0, 0.05) is 30.1 Å². The predicted molar refractivity (Wildman–Crippen MR) is 104 cm³/mol. The van der Waals surface area contributed by atoms with Gasteiger partial charge in [0.1, 0.15) is 6.61 Å². The summed E-state index contributed by atoms with van der Waals surface area (Å²) in [4.78, 5) is 40.9. The van der Waals surface area contributed by atoms with Crippen molar-refractivity contribution in [3.8, 4) is 0 Å². The van der Waals surface area contributed by atoms with Gasteiger partial charge in [0.2, 0.25) is 0 Å². The molecule has 0 unspecified atom stereocenters. The van der Waals surface area contributed by atoms with Crippen LogP contribution in [0.5, 0.6) is 0 Å². The van der Waals surface area contributed by atoms with Crippen molar-refractivity contribution in [2.45, 2.75) is 32.9 Å². The number of hydrogen-bond acceptors (Lipinski definition) is 7. The number of thiazole rings is 1. The molecule has 0 aliphatic rings. The topological polar surface area (TPSA) is 95.8 Å². The number of benzene rings is 1. The lowest BCUT2D eigenvalue weighted by Crippen LogP contribution is -2.17. The Balaban J connectivity index is 1.34. The molecular formula is C19H17N3O5S. The maximum atomic E-state index is 12.1. The number of aromatic nitrogens is 3. The lowest BCUT2D eigenvalue weighted by molar-refractivity contribution is -0.145. The average molecular weight is 399 g/mol. The first-order valence-electron chi connectivity index (χ1n) is 8.74. The van der Waals surface area contributed by atoms with Gasteiger partial charge >= 0.3 is 11.7 Å². The first-order chi connectivity index (χ1) is 13.5. The zero-order valence-corrected chi connectivity index (χ0v) is 15.9. The van der Waals surface area contributed by atoms with Gasteiger partial charge in [-0.3, -0.25) is 18.6 Å². The Morgan fingerprint density at radius 3 is 2.96 bits per heavy atom. The summed E-state index contributed by atoms with van der Waals surface area (Å²) in [5, 5.41) is 1.85. The number of para-hydroxylation sites is 2. The van der Waals surface area contributed by atoms with Crippen molar-refractivity contribution in [3.05, 3.63) is 68.0 Å². The maximum absolute atomic E-state index is 12.1. The maximum Gasteiger partial charge on any atom is 0.419 e. The third kappa shape index (κ3) is 3.48. The van der Waals surface area contributed by atoms with Crippen LogP contribution in [0.15, 0.2) is 49.7 Å². The van der Waals surface area contributed by atoms with E-state index in [1.165, 1.54) is 26.4 Å². The molecule has 4 aromatic rings. The summed E-state index contributed by atoms with van der Waals surface area (Å²) < 4.78 is 13.4. The molecule has 0 saturated heterocycles. The highest BCUT2D eigenvalue weighted by atomic mass is 32.1. The van der Waals surface area contributed by atoms with Crippen molar-refractivity contribution in [3.63, 3.8) is 0 Å². The fourth-order valence-corrected chi connectivity index (χ4v) is 3.90. The minimum Gasteiger partial charge on any atom is -0.459 e. The third-order valence-electron chi connectivity index (χ3n) is 4.35. The van der Waals surface area contributed by atoms with Crippen molar-refractivity contribution in [1.82, 2.24) is 14.0 Å². The van der Waals surface area contributed by atoms with Gasteiger partial charge in [0.25, 0.3) is 5.56 Å². The molecule has 0 aliphatic heterocycles. The molecule has 8 nitrogen and oxygen atoms in total. The summed E-state index contributed by atoms with van der Waals surface area (Å²) in [7, 11) is 0. The number of carbonyl (C=O) groups excluding carboxylic acids is 1. The van der Waals surface area contributed by atoms with Crippen LogP contribution in [0.1, 0.15) is 24.2 Å². The van der Waals surface area contributed by atoms with Gasteiger partial charge in [0.15, 0.2) is 10.5 Å². The highest BCUT2D eigenvalue weighted by Crippen LogP contribution is 2.13. The molecule has 0 fully saturated rings. The molecule has 0 radical (unpaired) electrons. The Bertz CT molecular complexity index is 1280. The van der Waals surface area contributed by atoms with Gasteiger partial charge in [-0.1, -0.05) is 12.1 Å². The summed E-state index contributed by atoms with van der Waals surface area (Å²) in [6.07, 6.45) is 0.576. The van der Waals surface area contributed by atoms with Gasteiger partial charge in [0.05, 0.1) is 11.2 Å². The van der Waals surface area contributed by atoms with Crippen LogP contribution >= 0.6 is 11.3 Å². The second-order valence-corrected chi connectivity index (χ2v) is 7.17. The van der Waals surface area contributed by atoms with E-state index in [1.807, 2.05) is 18.4 Å². The van der Waals surface area contributed by atoms with E-state index in [0.717, 1.165) is 5.69 Å². The first kappa shape index (κ1) is 18.2. The summed E-state index contributed by atoms with van der Waals surface area (Å²) in [5.41, 5.74) is 2.26. The predicted octanol–water partition coefficient (Wildman–Crippen LogP) is 2.50. The minimum atomic E-state index is -0.446. The second kappa shape index (κ2) is 7.43. The van der Waals surface area contributed by atoms with Crippen LogP contribution in [0, 0.1) is 6.92 Å². The number of aryl methyl sites for hydroxylation is 2. The number of rotatable bonds is 6. The molecule has 28 heavy (non-hydrogen) atoms. The van der Waals surface area contributed by atoms with Gasteiger partial charge in [-0.2, -0.15) is 0 Å². The van der Waals surface area contributed by atoms with E-state index in [4.69, 9.17) is 9.15 Å². The van der Waals surface area contributed by atoms with Crippen LogP contribution in [0.25, 0.3) is 16.1 Å². The number of hydrogen-bond donors (Lipinski definition) is 0. The van der Waals surface area contributed by atoms with Crippen LogP contribution < -0.4 is 11.3 Å². The second-order valence-electron chi connectivity index (χ2n) is 6.33. The smallest absolute Gasteiger partial charge is 0.419 e. The molecule has 3 aromatic heterocycles. The Labute approximate surface area is 162 Å². The molecular weight excluding hydrogens is 382 g/mol. The van der Waals surface area contributed by atoms with E-state index in [2.05, 4.69) is 4.98 Å². The number of ether oxygens (including phenoxy) is 1. The number of carbonyl (C=O) groups is 1. The summed E-state index contributed by atoms with van der Waals surface area (Å²) in [5.74, 6) is -0.857. The molecule has 144 valence electrons. The zero-order valence-electron chi connectivity index (χ0n) is 15.1. The Morgan fingerprint density at radius 1 is 1.29 bits per heavy atom. The number of fused-ring (bicyclic) bond motifs is 2. The summed E-state index contributed by atoms with van der Waals surface area (Å²) in [6, 6.07) is 8.51. The fraction of sp³-hybridized carbons (Fsp3) is 0.263. The standard InChI is InChI=1S/C19H17N3O5S/c1-12-11-28-18-20-13(9-16(23)22(12)18)10-26-17(24)7-4-8-21-14-5-2-3-6-15(14)27-19(21)25/h2-3,5-6,9,11H,4,7-8,10H2,1H3. The molecule has 0 atom stereocenters. The van der Waals surface area contributed by atoms with Gasteiger partial charge in [-0.05, 0) is 25.5 Å². The van der Waals surface area contributed by atoms with Crippen molar-refractivity contribution in [2.75, 3.05) is 0 Å². The molecule has 9 heteroatoms. The van der Waals surface area contributed by atoms with E-state index < -0.39 is 11.7 Å². The molecule has 4 rings (SSSR count). The van der Waals surface area contributed by atoms with E-state index in [0.29, 0.717) is 34.7 Å². The van der Waals surface area contributed by atoms with Crippen LogP contribution in [0.2, 0.25) is 0 Å². The van der Waals surface area contributed by atoms with Gasteiger partial charge < -0.3 is 9.15 Å². The average Bonchev–Trinajstić information content (AvgIpc) is 3.20. The summed E-state index contributed by atoms with van der Waals surface area (Å²) >= 11 is 1.36. The zero-order chi connectivity index (χ0) is 19.7. The Morgan fingerprint density at radius 2 is 2.11 bits per heavy atom. The van der Waals surface area contributed by atoms with Crippen molar-refractivity contribution in [1.29, 1.82) is 0 Å². The van der Waals surface area contributed by atoms with E-state index in [-0.39, 0.29) is 18.6 Å². The highest BCUT2D eigenvalue weighted by Gasteiger charge is 2.11. The van der Waals surface area contributed by atoms with E-state index in [1.54, 1.807) is 18.2 Å². The molecule has 0 spiro atoms. The van der Waals surface area contributed by atoms with Crippen molar-refractivity contribution >= 4 is 33.4 Å². The lowest BCUT2D eigenvalue weighted by Gasteiger charge is -2.05. The third-order valence-corrected chi connectivity index (χ3v) is 5.29. The quantitative estimate of drug-likeness (QED) is 0.462. The molecule has 0 bridgehead atoms. The number of esters is 1. The van der Waals surface area contributed by atoms with Crippen molar-refractivity contribution < 1.29 is 13.9 Å². The first-order valence-corrected chi connectivity index (χ1v) is 9.61. The monoisotopic (exact) mass is 399 g/mol. The Hall–Kier alpha value is -3.20. The summed E-state index contributed by atoms with van der Waals surface area (Å²) in [6.45, 7) is 2.13. The minimum absolute atomic E-state index is 0.0594. The van der Waals surface area contributed by atoms with Crippen LogP contribution in [0.3, 0.4) is 0 Å². The molecule has 0 saturated carbocycles. The van der Waals surface area contributed by atoms with Crippen LogP contribution in [-0.4, -0.2) is 19.9 Å². The highest BCUT2D eigenvalue weighted by molar-refractivity contribution is 7.15. The van der Waals surface area contributed by atoms with E-state index >= 15 is 0 Å². The molecule has 0 N–H and O–H groups in total. The van der Waals surface area contributed by atoms with Crippen molar-refractivity contribution in [2.24, 2.45) is 0 Å². The van der Waals surface area contributed by atoms with Crippen LogP contribution in [0.4, 0.5) is 0 Å². The van der Waals surface area contributed by atoms with E-state index in [9.17, 15) is 14.4 Å². The normalized spacial score (nSPS) is 11.3. The SMILES string of the molecule is Cc1csc2nc(COC(=O)CCCn3c(=O)oc4ccccc43)cc(=O)n12. The van der Waals surface area contributed by atoms with Gasteiger partial charge in [-0.25, -0.2) is 9.78 Å². The lowest BCUT2D eigenvalue weighted by atomic mass is 10.3.